The van der Waals surface area contributed by atoms with Crippen molar-refractivity contribution in [1.29, 1.82) is 0 Å². The third-order valence-corrected chi connectivity index (χ3v) is 3.22. The van der Waals surface area contributed by atoms with Crippen molar-refractivity contribution < 1.29 is 0 Å². The molecular weight excluding hydrogens is 198 g/mol. The van der Waals surface area contributed by atoms with Crippen molar-refractivity contribution in [3.8, 4) is 0 Å². The Hall–Kier alpha value is -1.35. The van der Waals surface area contributed by atoms with E-state index in [1.54, 1.807) is 0 Å². The highest BCUT2D eigenvalue weighted by atomic mass is 15.1. The minimum Gasteiger partial charge on any atom is -0.325 e. The van der Waals surface area contributed by atoms with Gasteiger partial charge < -0.3 is 9.88 Å². The number of aromatic nitrogens is 2. The molecule has 3 heteroatoms. The number of rotatable bonds is 3. The molecule has 1 aromatic heterocycles. The Balaban J connectivity index is 2.12. The van der Waals surface area contributed by atoms with Crippen molar-refractivity contribution in [3.63, 3.8) is 0 Å². The normalized spacial score (nSPS) is 15.9. The smallest absolute Gasteiger partial charge is 0.106 e. The number of hydrogen-bond donors (Lipinski definition) is 1. The number of hydrogen-bond acceptors (Lipinski definition) is 2. The van der Waals surface area contributed by atoms with Crippen molar-refractivity contribution >= 4 is 11.0 Å². The first-order chi connectivity index (χ1) is 7.79. The monoisotopic (exact) mass is 215 g/mol. The lowest BCUT2D eigenvalue weighted by molar-refractivity contribution is 0.734. The van der Waals surface area contributed by atoms with Crippen LogP contribution in [0.2, 0.25) is 0 Å². The molecule has 0 saturated heterocycles. The van der Waals surface area contributed by atoms with Crippen LogP contribution in [-0.2, 0) is 6.54 Å². The standard InChI is InChI=1S/C13H17N3/c1-9-15-12-7-10(8-14-2)3-6-13(12)16(9)11-4-5-11/h3,6-7,11,14H,4-5,8H2,1-2H3. The summed E-state index contributed by atoms with van der Waals surface area (Å²) in [7, 11) is 1.97. The molecule has 3 nitrogen and oxygen atoms in total. The molecule has 0 bridgehead atoms. The maximum Gasteiger partial charge on any atom is 0.106 e. The van der Waals surface area contributed by atoms with Crippen LogP contribution in [0.25, 0.3) is 11.0 Å². The molecule has 2 aromatic rings. The Labute approximate surface area is 95.5 Å². The zero-order chi connectivity index (χ0) is 11.1. The number of nitrogens with zero attached hydrogens (tertiary/aromatic N) is 2. The van der Waals surface area contributed by atoms with Crippen LogP contribution in [-0.4, -0.2) is 16.6 Å². The van der Waals surface area contributed by atoms with Crippen LogP contribution >= 0.6 is 0 Å². The van der Waals surface area contributed by atoms with E-state index in [2.05, 4.69) is 40.0 Å². The minimum atomic E-state index is 0.708. The summed E-state index contributed by atoms with van der Waals surface area (Å²) >= 11 is 0. The first kappa shape index (κ1) is 9.85. The van der Waals surface area contributed by atoms with Crippen molar-refractivity contribution in [2.75, 3.05) is 7.05 Å². The van der Waals surface area contributed by atoms with E-state index >= 15 is 0 Å². The molecule has 0 spiro atoms. The molecule has 1 N–H and O–H groups in total. The zero-order valence-electron chi connectivity index (χ0n) is 9.83. The Bertz CT molecular complexity index is 523. The molecule has 0 radical (unpaired) electrons. The lowest BCUT2D eigenvalue weighted by atomic mass is 10.2. The van der Waals surface area contributed by atoms with E-state index in [4.69, 9.17) is 0 Å². The van der Waals surface area contributed by atoms with E-state index in [0.717, 1.165) is 17.9 Å². The van der Waals surface area contributed by atoms with Crippen molar-refractivity contribution in [2.24, 2.45) is 0 Å². The van der Waals surface area contributed by atoms with Crippen molar-refractivity contribution in [2.45, 2.75) is 32.4 Å². The van der Waals surface area contributed by atoms with Gasteiger partial charge in [-0.25, -0.2) is 4.98 Å². The summed E-state index contributed by atoms with van der Waals surface area (Å²) in [5.74, 6) is 1.15. The lowest BCUT2D eigenvalue weighted by Gasteiger charge is -2.04. The predicted octanol–water partition coefficient (Wildman–Crippen LogP) is 2.40. The molecular formula is C13H17N3. The van der Waals surface area contributed by atoms with E-state index in [1.165, 1.54) is 23.9 Å². The largest absolute Gasteiger partial charge is 0.325 e. The van der Waals surface area contributed by atoms with Gasteiger partial charge in [-0.2, -0.15) is 0 Å². The molecule has 1 saturated carbocycles. The Morgan fingerprint density at radius 3 is 2.94 bits per heavy atom. The second-order valence-electron chi connectivity index (χ2n) is 4.61. The molecule has 0 atom stereocenters. The van der Waals surface area contributed by atoms with Gasteiger partial charge in [0.15, 0.2) is 0 Å². The first-order valence-electron chi connectivity index (χ1n) is 5.91. The summed E-state index contributed by atoms with van der Waals surface area (Å²) < 4.78 is 2.39. The Kier molecular flexibility index (Phi) is 2.21. The quantitative estimate of drug-likeness (QED) is 0.852. The van der Waals surface area contributed by atoms with Crippen LogP contribution in [0, 0.1) is 6.92 Å². The molecule has 1 aliphatic rings. The molecule has 0 amide bonds. The van der Waals surface area contributed by atoms with Gasteiger partial charge in [0.1, 0.15) is 5.82 Å². The van der Waals surface area contributed by atoms with Gasteiger partial charge in [0, 0.05) is 12.6 Å². The summed E-state index contributed by atoms with van der Waals surface area (Å²) in [6, 6.07) is 7.30. The average Bonchev–Trinajstić information content (AvgIpc) is 3.02. The number of imidazole rings is 1. The third-order valence-electron chi connectivity index (χ3n) is 3.22. The van der Waals surface area contributed by atoms with Gasteiger partial charge in [-0.05, 0) is 44.5 Å². The second-order valence-corrected chi connectivity index (χ2v) is 4.61. The van der Waals surface area contributed by atoms with Crippen LogP contribution in [0.3, 0.4) is 0 Å². The lowest BCUT2D eigenvalue weighted by Crippen LogP contribution is -2.04. The average molecular weight is 215 g/mol. The van der Waals surface area contributed by atoms with Gasteiger partial charge in [-0.15, -0.1) is 0 Å². The van der Waals surface area contributed by atoms with E-state index < -0.39 is 0 Å². The van der Waals surface area contributed by atoms with Gasteiger partial charge in [-0.1, -0.05) is 6.07 Å². The fourth-order valence-corrected chi connectivity index (χ4v) is 2.37. The highest BCUT2D eigenvalue weighted by Gasteiger charge is 2.26. The molecule has 1 aromatic carbocycles. The molecule has 0 unspecified atom stereocenters. The predicted molar refractivity (Wildman–Crippen MR) is 65.5 cm³/mol. The summed E-state index contributed by atoms with van der Waals surface area (Å²) in [5.41, 5.74) is 3.73. The van der Waals surface area contributed by atoms with Gasteiger partial charge in [0.05, 0.1) is 11.0 Å². The van der Waals surface area contributed by atoms with Gasteiger partial charge in [-0.3, -0.25) is 0 Å². The molecule has 1 fully saturated rings. The molecule has 1 aliphatic carbocycles. The molecule has 16 heavy (non-hydrogen) atoms. The molecule has 1 heterocycles. The molecule has 3 rings (SSSR count). The second kappa shape index (κ2) is 3.59. The van der Waals surface area contributed by atoms with Crippen LogP contribution in [0.15, 0.2) is 18.2 Å². The molecule has 84 valence electrons. The molecule has 0 aliphatic heterocycles. The van der Waals surface area contributed by atoms with Crippen LogP contribution < -0.4 is 5.32 Å². The van der Waals surface area contributed by atoms with Gasteiger partial charge in [0.25, 0.3) is 0 Å². The minimum absolute atomic E-state index is 0.708. The van der Waals surface area contributed by atoms with E-state index in [-0.39, 0.29) is 0 Å². The summed E-state index contributed by atoms with van der Waals surface area (Å²) in [4.78, 5) is 4.65. The maximum absolute atomic E-state index is 4.65. The Morgan fingerprint density at radius 1 is 1.44 bits per heavy atom. The number of aryl methyl sites for hydroxylation is 1. The highest BCUT2D eigenvalue weighted by Crippen LogP contribution is 2.38. The van der Waals surface area contributed by atoms with Crippen molar-refractivity contribution in [1.82, 2.24) is 14.9 Å². The SMILES string of the molecule is CNCc1ccc2c(c1)nc(C)n2C1CC1. The van der Waals surface area contributed by atoms with E-state index in [0.29, 0.717) is 6.04 Å². The summed E-state index contributed by atoms with van der Waals surface area (Å²) in [5, 5.41) is 3.17. The summed E-state index contributed by atoms with van der Waals surface area (Å²) in [6.45, 7) is 3.02. The Morgan fingerprint density at radius 2 is 2.25 bits per heavy atom. The maximum atomic E-state index is 4.65. The number of nitrogens with one attached hydrogen (secondary N) is 1. The third kappa shape index (κ3) is 1.52. The van der Waals surface area contributed by atoms with Crippen LogP contribution in [0.4, 0.5) is 0 Å². The fraction of sp³-hybridized carbons (Fsp3) is 0.462. The highest BCUT2D eigenvalue weighted by molar-refractivity contribution is 5.77. The van der Waals surface area contributed by atoms with Crippen molar-refractivity contribution in [3.05, 3.63) is 29.6 Å². The van der Waals surface area contributed by atoms with E-state index in [1.807, 2.05) is 7.05 Å². The number of fused-ring (bicyclic) bond motifs is 1. The van der Waals surface area contributed by atoms with Crippen LogP contribution in [0.5, 0.6) is 0 Å². The van der Waals surface area contributed by atoms with Crippen LogP contribution in [0.1, 0.15) is 30.3 Å². The topological polar surface area (TPSA) is 29.9 Å². The summed E-state index contributed by atoms with van der Waals surface area (Å²) in [6.07, 6.45) is 2.62. The fourth-order valence-electron chi connectivity index (χ4n) is 2.37. The zero-order valence-corrected chi connectivity index (χ0v) is 9.83. The first-order valence-corrected chi connectivity index (χ1v) is 5.91. The van der Waals surface area contributed by atoms with Gasteiger partial charge >= 0.3 is 0 Å². The van der Waals surface area contributed by atoms with Gasteiger partial charge in [0.2, 0.25) is 0 Å². The van der Waals surface area contributed by atoms with E-state index in [9.17, 15) is 0 Å². The number of benzene rings is 1.